The van der Waals surface area contributed by atoms with Crippen LogP contribution >= 0.6 is 24.0 Å². The van der Waals surface area contributed by atoms with Crippen LogP contribution in [0.25, 0.3) is 0 Å². The van der Waals surface area contributed by atoms with Crippen LogP contribution in [0.4, 0.5) is 0 Å². The molecule has 0 saturated carbocycles. The SMILES string of the molecule is CC(C)(C)C(=O)N1C(=S)SC[C@@H]1C(C)(C)C. The molecule has 0 aromatic carbocycles. The quantitative estimate of drug-likeness (QED) is 0.623. The Kier molecular flexibility index (Phi) is 3.75. The topological polar surface area (TPSA) is 20.3 Å². The first-order valence-corrected chi connectivity index (χ1v) is 6.95. The van der Waals surface area contributed by atoms with Gasteiger partial charge in [0.2, 0.25) is 5.91 Å². The Morgan fingerprint density at radius 2 is 1.81 bits per heavy atom. The molecule has 1 atom stereocenters. The molecule has 0 spiro atoms. The Morgan fingerprint density at radius 3 is 2.19 bits per heavy atom. The molecular formula is C12H21NOS2. The molecule has 16 heavy (non-hydrogen) atoms. The zero-order valence-electron chi connectivity index (χ0n) is 11.0. The second-order valence-corrected chi connectivity index (χ2v) is 8.04. The van der Waals surface area contributed by atoms with E-state index in [2.05, 4.69) is 20.8 Å². The molecule has 1 heterocycles. The third kappa shape index (κ3) is 2.77. The van der Waals surface area contributed by atoms with E-state index in [1.165, 1.54) is 0 Å². The average Bonchev–Trinajstić information content (AvgIpc) is 2.43. The van der Waals surface area contributed by atoms with E-state index in [1.54, 1.807) is 11.8 Å². The standard InChI is InChI=1S/C12H21NOS2/c1-11(2,3)8-7-16-10(15)13(8)9(14)12(4,5)6/h8H,7H2,1-6H3/t8-/m1/s1. The fourth-order valence-corrected chi connectivity index (χ4v) is 3.36. The highest BCUT2D eigenvalue weighted by Gasteiger charge is 2.43. The number of nitrogens with zero attached hydrogens (tertiary/aromatic N) is 1. The molecular weight excluding hydrogens is 238 g/mol. The highest BCUT2D eigenvalue weighted by atomic mass is 32.2. The van der Waals surface area contributed by atoms with Crippen LogP contribution in [0.15, 0.2) is 0 Å². The summed E-state index contributed by atoms with van der Waals surface area (Å²) < 4.78 is 0.736. The summed E-state index contributed by atoms with van der Waals surface area (Å²) in [4.78, 5) is 14.2. The first-order chi connectivity index (χ1) is 7.05. The molecule has 0 aromatic rings. The van der Waals surface area contributed by atoms with Crippen LogP contribution in [-0.2, 0) is 4.79 Å². The Morgan fingerprint density at radius 1 is 1.31 bits per heavy atom. The number of amides is 1. The summed E-state index contributed by atoms with van der Waals surface area (Å²) in [6.45, 7) is 12.3. The summed E-state index contributed by atoms with van der Waals surface area (Å²) in [6, 6.07) is 0.219. The molecule has 1 rings (SSSR count). The fourth-order valence-electron chi connectivity index (χ4n) is 1.64. The third-order valence-corrected chi connectivity index (χ3v) is 4.21. The molecule has 0 radical (unpaired) electrons. The maximum atomic E-state index is 12.4. The van der Waals surface area contributed by atoms with Gasteiger partial charge < -0.3 is 0 Å². The molecule has 92 valence electrons. The molecule has 1 fully saturated rings. The molecule has 1 aliphatic heterocycles. The third-order valence-electron chi connectivity index (χ3n) is 2.73. The highest BCUT2D eigenvalue weighted by molar-refractivity contribution is 8.23. The summed E-state index contributed by atoms with van der Waals surface area (Å²) >= 11 is 6.92. The summed E-state index contributed by atoms with van der Waals surface area (Å²) in [7, 11) is 0. The van der Waals surface area contributed by atoms with Crippen molar-refractivity contribution in [1.82, 2.24) is 4.90 Å². The zero-order valence-corrected chi connectivity index (χ0v) is 12.6. The lowest BCUT2D eigenvalue weighted by molar-refractivity contribution is -0.137. The minimum Gasteiger partial charge on any atom is -0.293 e. The second-order valence-electron chi connectivity index (χ2n) is 6.38. The number of carbonyl (C=O) groups excluding carboxylic acids is 1. The van der Waals surface area contributed by atoms with Gasteiger partial charge >= 0.3 is 0 Å². The Bertz CT molecular complexity index is 312. The highest BCUT2D eigenvalue weighted by Crippen LogP contribution is 2.37. The van der Waals surface area contributed by atoms with Gasteiger partial charge in [-0.25, -0.2) is 0 Å². The lowest BCUT2D eigenvalue weighted by Crippen LogP contribution is -2.49. The van der Waals surface area contributed by atoms with Gasteiger partial charge in [-0.1, -0.05) is 65.5 Å². The van der Waals surface area contributed by atoms with Gasteiger partial charge in [-0.05, 0) is 5.41 Å². The second kappa shape index (κ2) is 4.30. The largest absolute Gasteiger partial charge is 0.293 e. The maximum Gasteiger partial charge on any atom is 0.233 e. The lowest BCUT2D eigenvalue weighted by atomic mass is 9.85. The van der Waals surface area contributed by atoms with Crippen LogP contribution in [0.2, 0.25) is 0 Å². The molecule has 1 saturated heterocycles. The first-order valence-electron chi connectivity index (χ1n) is 5.55. The van der Waals surface area contributed by atoms with E-state index in [0.717, 1.165) is 10.1 Å². The van der Waals surface area contributed by atoms with Gasteiger partial charge in [0.05, 0.1) is 6.04 Å². The van der Waals surface area contributed by atoms with Gasteiger partial charge in [-0.15, -0.1) is 0 Å². The van der Waals surface area contributed by atoms with Crippen LogP contribution in [0, 0.1) is 10.8 Å². The molecule has 4 heteroatoms. The number of rotatable bonds is 0. The predicted molar refractivity (Wildman–Crippen MR) is 74.6 cm³/mol. The van der Waals surface area contributed by atoms with Gasteiger partial charge in [0.15, 0.2) is 0 Å². The van der Waals surface area contributed by atoms with Gasteiger partial charge in [0.1, 0.15) is 4.32 Å². The van der Waals surface area contributed by atoms with Crippen molar-refractivity contribution in [3.8, 4) is 0 Å². The average molecular weight is 259 g/mol. The van der Waals surface area contributed by atoms with Crippen LogP contribution in [0.1, 0.15) is 41.5 Å². The van der Waals surface area contributed by atoms with Crippen LogP contribution in [0.5, 0.6) is 0 Å². The van der Waals surface area contributed by atoms with Crippen molar-refractivity contribution < 1.29 is 4.79 Å². The summed E-state index contributed by atoms with van der Waals surface area (Å²) in [5.74, 6) is 1.06. The van der Waals surface area contributed by atoms with Crippen molar-refractivity contribution in [2.75, 3.05) is 5.75 Å². The monoisotopic (exact) mass is 259 g/mol. The van der Waals surface area contributed by atoms with E-state index in [1.807, 2.05) is 25.7 Å². The van der Waals surface area contributed by atoms with Gasteiger partial charge in [-0.3, -0.25) is 9.69 Å². The Labute approximate surface area is 108 Å². The van der Waals surface area contributed by atoms with Crippen molar-refractivity contribution in [1.29, 1.82) is 0 Å². The normalized spacial score (nSPS) is 22.8. The van der Waals surface area contributed by atoms with Crippen molar-refractivity contribution in [3.63, 3.8) is 0 Å². The van der Waals surface area contributed by atoms with Crippen LogP contribution < -0.4 is 0 Å². The number of thiocarbonyl (C=S) groups is 1. The number of hydrogen-bond donors (Lipinski definition) is 0. The van der Waals surface area contributed by atoms with E-state index < -0.39 is 0 Å². The van der Waals surface area contributed by atoms with E-state index in [4.69, 9.17) is 12.2 Å². The molecule has 0 aliphatic carbocycles. The fraction of sp³-hybridized carbons (Fsp3) is 0.833. The van der Waals surface area contributed by atoms with E-state index in [-0.39, 0.29) is 22.8 Å². The minimum atomic E-state index is -0.363. The number of carbonyl (C=O) groups is 1. The van der Waals surface area contributed by atoms with Crippen molar-refractivity contribution in [3.05, 3.63) is 0 Å². The maximum absolute atomic E-state index is 12.4. The van der Waals surface area contributed by atoms with Crippen LogP contribution in [-0.4, -0.2) is 26.9 Å². The van der Waals surface area contributed by atoms with Gasteiger partial charge in [0.25, 0.3) is 0 Å². The van der Waals surface area contributed by atoms with Gasteiger partial charge in [-0.2, -0.15) is 0 Å². The molecule has 0 N–H and O–H groups in total. The summed E-state index contributed by atoms with van der Waals surface area (Å²) in [5.41, 5.74) is -0.285. The number of thioether (sulfide) groups is 1. The van der Waals surface area contributed by atoms with E-state index in [0.29, 0.717) is 0 Å². The first kappa shape index (κ1) is 14.0. The minimum absolute atomic E-state index is 0.0778. The summed E-state index contributed by atoms with van der Waals surface area (Å²) in [5, 5.41) is 0. The van der Waals surface area contributed by atoms with Gasteiger partial charge in [0, 0.05) is 11.2 Å². The Hall–Kier alpha value is -0.0900. The zero-order chi connectivity index (χ0) is 12.7. The molecule has 0 bridgehead atoms. The predicted octanol–water partition coefficient (Wildman–Crippen LogP) is 3.31. The van der Waals surface area contributed by atoms with Crippen molar-refractivity contribution >= 4 is 34.2 Å². The van der Waals surface area contributed by atoms with E-state index in [9.17, 15) is 4.79 Å². The molecule has 1 aliphatic rings. The molecule has 0 aromatic heterocycles. The molecule has 0 unspecified atom stereocenters. The van der Waals surface area contributed by atoms with Crippen molar-refractivity contribution in [2.45, 2.75) is 47.6 Å². The van der Waals surface area contributed by atoms with E-state index >= 15 is 0 Å². The molecule has 1 amide bonds. The molecule has 2 nitrogen and oxygen atoms in total. The lowest BCUT2D eigenvalue weighted by Gasteiger charge is -2.37. The van der Waals surface area contributed by atoms with Crippen LogP contribution in [0.3, 0.4) is 0 Å². The number of hydrogen-bond acceptors (Lipinski definition) is 3. The smallest absolute Gasteiger partial charge is 0.233 e. The van der Waals surface area contributed by atoms with Crippen molar-refractivity contribution in [2.24, 2.45) is 10.8 Å². The Balaban J connectivity index is 3.00. The summed E-state index contributed by atoms with van der Waals surface area (Å²) in [6.07, 6.45) is 0.